The highest BCUT2D eigenvalue weighted by Crippen LogP contribution is 2.43. The standard InChI is InChI=1S/C34H37NO6/c1-20(2)41-28(36)18-22-11-14-25(15-12-22)35-30(23-10-8-9-21(3)17-23)29(32(38)33(35)39)31(37)24-13-16-27(40-7)26(19-24)34(4,5)6/h8-17,19-20,30,37H,18H2,1-7H3/b31-29-. The van der Waals surface area contributed by atoms with E-state index >= 15 is 0 Å². The minimum absolute atomic E-state index is 0.00946. The maximum absolute atomic E-state index is 13.6. The first-order chi connectivity index (χ1) is 19.3. The number of aliphatic hydroxyl groups excluding tert-OH is 1. The van der Waals surface area contributed by atoms with E-state index in [4.69, 9.17) is 9.47 Å². The second-order valence-corrected chi connectivity index (χ2v) is 11.6. The van der Waals surface area contributed by atoms with Gasteiger partial charge in [-0.05, 0) is 67.6 Å². The predicted molar refractivity (Wildman–Crippen MR) is 159 cm³/mol. The van der Waals surface area contributed by atoms with Crippen LogP contribution in [0, 0.1) is 6.92 Å². The van der Waals surface area contributed by atoms with Crippen LogP contribution in [0.15, 0.2) is 72.3 Å². The molecule has 3 aromatic carbocycles. The number of carbonyl (C=O) groups is 3. The topological polar surface area (TPSA) is 93.1 Å². The predicted octanol–water partition coefficient (Wildman–Crippen LogP) is 6.42. The first kappa shape index (κ1) is 29.6. The number of benzene rings is 3. The number of nitrogens with zero attached hydrogens (tertiary/aromatic N) is 1. The highest BCUT2D eigenvalue weighted by atomic mass is 16.5. The molecule has 0 saturated carbocycles. The maximum atomic E-state index is 13.6. The van der Waals surface area contributed by atoms with Crippen LogP contribution >= 0.6 is 0 Å². The summed E-state index contributed by atoms with van der Waals surface area (Å²) in [5.41, 5.74) is 3.83. The van der Waals surface area contributed by atoms with Gasteiger partial charge in [-0.2, -0.15) is 0 Å². The number of Topliss-reactive ketones (excluding diaryl/α,β-unsaturated/α-hetero) is 1. The molecule has 41 heavy (non-hydrogen) atoms. The molecule has 0 bridgehead atoms. The number of amides is 1. The summed E-state index contributed by atoms with van der Waals surface area (Å²) in [5.74, 6) is -1.44. The van der Waals surface area contributed by atoms with E-state index in [1.807, 2.05) is 52.0 Å². The lowest BCUT2D eigenvalue weighted by atomic mass is 9.84. The fourth-order valence-corrected chi connectivity index (χ4v) is 5.10. The van der Waals surface area contributed by atoms with E-state index < -0.39 is 17.7 Å². The van der Waals surface area contributed by atoms with E-state index in [1.54, 1.807) is 63.4 Å². The molecule has 1 amide bonds. The van der Waals surface area contributed by atoms with Gasteiger partial charge in [0.25, 0.3) is 11.7 Å². The Morgan fingerprint density at radius 1 is 1.00 bits per heavy atom. The van der Waals surface area contributed by atoms with Crippen molar-refractivity contribution in [2.24, 2.45) is 0 Å². The molecule has 1 aliphatic heterocycles. The van der Waals surface area contributed by atoms with Crippen LogP contribution in [0.2, 0.25) is 0 Å². The Balaban J connectivity index is 1.84. The average Bonchev–Trinajstić information content (AvgIpc) is 3.17. The van der Waals surface area contributed by atoms with Gasteiger partial charge >= 0.3 is 5.97 Å². The zero-order valence-electron chi connectivity index (χ0n) is 24.6. The monoisotopic (exact) mass is 555 g/mol. The number of aliphatic hydroxyl groups is 1. The van der Waals surface area contributed by atoms with Crippen molar-refractivity contribution >= 4 is 29.1 Å². The molecule has 1 aliphatic rings. The second kappa shape index (κ2) is 11.6. The molecule has 0 spiro atoms. The molecule has 4 rings (SSSR count). The number of methoxy groups -OCH3 is 1. The Hall–Kier alpha value is -4.39. The van der Waals surface area contributed by atoms with Crippen molar-refractivity contribution in [2.75, 3.05) is 12.0 Å². The largest absolute Gasteiger partial charge is 0.507 e. The van der Waals surface area contributed by atoms with Gasteiger partial charge in [-0.25, -0.2) is 0 Å². The van der Waals surface area contributed by atoms with Gasteiger partial charge in [-0.3, -0.25) is 19.3 Å². The van der Waals surface area contributed by atoms with Crippen LogP contribution in [0.3, 0.4) is 0 Å². The number of hydrogen-bond acceptors (Lipinski definition) is 6. The molecular weight excluding hydrogens is 518 g/mol. The van der Waals surface area contributed by atoms with Crippen LogP contribution in [-0.2, 0) is 31.0 Å². The third kappa shape index (κ3) is 6.19. The molecule has 1 N–H and O–H groups in total. The third-order valence-corrected chi connectivity index (χ3v) is 7.01. The number of rotatable bonds is 7. The smallest absolute Gasteiger partial charge is 0.310 e. The lowest BCUT2D eigenvalue weighted by Gasteiger charge is -2.26. The van der Waals surface area contributed by atoms with Crippen molar-refractivity contribution in [1.29, 1.82) is 0 Å². The molecule has 1 unspecified atom stereocenters. The zero-order valence-corrected chi connectivity index (χ0v) is 24.6. The molecule has 0 aromatic heterocycles. The van der Waals surface area contributed by atoms with E-state index in [-0.39, 0.29) is 35.2 Å². The molecule has 7 heteroatoms. The molecule has 1 saturated heterocycles. The van der Waals surface area contributed by atoms with E-state index in [0.717, 1.165) is 16.7 Å². The Labute approximate surface area is 241 Å². The summed E-state index contributed by atoms with van der Waals surface area (Å²) in [5, 5.41) is 11.6. The summed E-state index contributed by atoms with van der Waals surface area (Å²) >= 11 is 0. The Morgan fingerprint density at radius 3 is 2.27 bits per heavy atom. The first-order valence-corrected chi connectivity index (χ1v) is 13.7. The first-order valence-electron chi connectivity index (χ1n) is 13.7. The molecule has 214 valence electrons. The summed E-state index contributed by atoms with van der Waals surface area (Å²) in [7, 11) is 1.59. The minimum Gasteiger partial charge on any atom is -0.507 e. The molecule has 3 aromatic rings. The van der Waals surface area contributed by atoms with Crippen molar-refractivity contribution in [3.05, 3.63) is 100 Å². The Kier molecular flexibility index (Phi) is 8.38. The van der Waals surface area contributed by atoms with Gasteiger partial charge in [-0.15, -0.1) is 0 Å². The van der Waals surface area contributed by atoms with Crippen molar-refractivity contribution in [3.63, 3.8) is 0 Å². The van der Waals surface area contributed by atoms with Crippen molar-refractivity contribution in [1.82, 2.24) is 0 Å². The van der Waals surface area contributed by atoms with Crippen LogP contribution in [0.25, 0.3) is 5.76 Å². The molecule has 0 radical (unpaired) electrons. The van der Waals surface area contributed by atoms with Gasteiger partial charge in [0.2, 0.25) is 0 Å². The van der Waals surface area contributed by atoms with Crippen molar-refractivity contribution < 1.29 is 29.0 Å². The quantitative estimate of drug-likeness (QED) is 0.157. The van der Waals surface area contributed by atoms with Crippen LogP contribution in [0.4, 0.5) is 5.69 Å². The number of ether oxygens (including phenoxy) is 2. The summed E-state index contributed by atoms with van der Waals surface area (Å²) in [6.07, 6.45) is -0.125. The number of esters is 1. The molecule has 0 aliphatic carbocycles. The number of aryl methyl sites for hydroxylation is 1. The number of hydrogen-bond donors (Lipinski definition) is 1. The highest BCUT2D eigenvalue weighted by Gasteiger charge is 2.47. The maximum Gasteiger partial charge on any atom is 0.310 e. The number of carbonyl (C=O) groups excluding carboxylic acids is 3. The number of anilines is 1. The zero-order chi connectivity index (χ0) is 30.1. The van der Waals surface area contributed by atoms with E-state index in [2.05, 4.69) is 0 Å². The van der Waals surface area contributed by atoms with Gasteiger partial charge < -0.3 is 14.6 Å². The highest BCUT2D eigenvalue weighted by molar-refractivity contribution is 6.51. The summed E-state index contributed by atoms with van der Waals surface area (Å²) in [6, 6.07) is 18.8. The van der Waals surface area contributed by atoms with Crippen LogP contribution < -0.4 is 9.64 Å². The molecule has 7 nitrogen and oxygen atoms in total. The lowest BCUT2D eigenvalue weighted by molar-refractivity contribution is -0.146. The van der Waals surface area contributed by atoms with Gasteiger partial charge in [0, 0.05) is 16.8 Å². The average molecular weight is 556 g/mol. The van der Waals surface area contributed by atoms with Gasteiger partial charge in [0.15, 0.2) is 0 Å². The second-order valence-electron chi connectivity index (χ2n) is 11.6. The normalized spacial score (nSPS) is 16.8. The fourth-order valence-electron chi connectivity index (χ4n) is 5.10. The third-order valence-electron chi connectivity index (χ3n) is 7.01. The minimum atomic E-state index is -0.855. The van der Waals surface area contributed by atoms with Crippen LogP contribution in [-0.4, -0.2) is 36.0 Å². The van der Waals surface area contributed by atoms with Crippen LogP contribution in [0.1, 0.15) is 68.5 Å². The Bertz CT molecular complexity index is 1510. The molecule has 1 heterocycles. The van der Waals surface area contributed by atoms with E-state index in [1.165, 1.54) is 4.90 Å². The summed E-state index contributed by atoms with van der Waals surface area (Å²) in [6.45, 7) is 11.6. The SMILES string of the molecule is COc1ccc(/C(O)=C2/C(=O)C(=O)N(c3ccc(CC(=O)OC(C)C)cc3)C2c2cccc(C)c2)cc1C(C)(C)C. The van der Waals surface area contributed by atoms with Gasteiger partial charge in [0.1, 0.15) is 11.5 Å². The van der Waals surface area contributed by atoms with Crippen LogP contribution in [0.5, 0.6) is 5.75 Å². The molecule has 1 fully saturated rings. The lowest BCUT2D eigenvalue weighted by Crippen LogP contribution is -2.29. The van der Waals surface area contributed by atoms with E-state index in [9.17, 15) is 19.5 Å². The molecular formula is C34H37NO6. The number of ketones is 1. The molecule has 1 atom stereocenters. The summed E-state index contributed by atoms with van der Waals surface area (Å²) < 4.78 is 10.8. The Morgan fingerprint density at radius 2 is 1.68 bits per heavy atom. The fraction of sp³-hybridized carbons (Fsp3) is 0.324. The van der Waals surface area contributed by atoms with Gasteiger partial charge in [0.05, 0.1) is 31.2 Å². The van der Waals surface area contributed by atoms with Gasteiger partial charge in [-0.1, -0.05) is 62.7 Å². The van der Waals surface area contributed by atoms with Crippen molar-refractivity contribution in [2.45, 2.75) is 65.5 Å². The van der Waals surface area contributed by atoms with E-state index in [0.29, 0.717) is 22.6 Å². The van der Waals surface area contributed by atoms with Crippen molar-refractivity contribution in [3.8, 4) is 5.75 Å². The summed E-state index contributed by atoms with van der Waals surface area (Å²) in [4.78, 5) is 40.7.